The zero-order valence-electron chi connectivity index (χ0n) is 17.4. The van der Waals surface area contributed by atoms with Gasteiger partial charge in [0, 0.05) is 30.0 Å². The second-order valence-corrected chi connectivity index (χ2v) is 8.29. The maximum Gasteiger partial charge on any atom is 0.227 e. The van der Waals surface area contributed by atoms with Crippen molar-refractivity contribution in [1.29, 1.82) is 0 Å². The highest BCUT2D eigenvalue weighted by Crippen LogP contribution is 2.31. The van der Waals surface area contributed by atoms with Gasteiger partial charge in [-0.25, -0.2) is 4.98 Å². The average molecular weight is 386 g/mol. The molecular weight excluding hydrogens is 358 g/mol. The molecule has 4 heteroatoms. The van der Waals surface area contributed by atoms with Gasteiger partial charge in [0.1, 0.15) is 5.52 Å². The van der Waals surface area contributed by atoms with Gasteiger partial charge in [-0.05, 0) is 87.3 Å². The minimum Gasteiger partial charge on any atom is -0.436 e. The third-order valence-corrected chi connectivity index (χ3v) is 6.28. The molecule has 0 spiro atoms. The standard InChI is InChI=1S/C25H27N3O/c1-17-8-9-19(14-18(17)2)25-26-22-15-21(10-11-24(22)29-25)28-13-4-6-20(16-28)23-7-5-12-27(23)3/h4,6,8-11,14-16,23H,5,7,12-13H2,1-3H3. The van der Waals surface area contributed by atoms with Crippen LogP contribution >= 0.6 is 0 Å². The van der Waals surface area contributed by atoms with Crippen LogP contribution in [0.4, 0.5) is 5.69 Å². The van der Waals surface area contributed by atoms with Crippen LogP contribution in [0.5, 0.6) is 0 Å². The molecule has 1 saturated heterocycles. The fourth-order valence-electron chi connectivity index (χ4n) is 4.38. The van der Waals surface area contributed by atoms with Crippen molar-refractivity contribution in [1.82, 2.24) is 9.88 Å². The Hall–Kier alpha value is -2.85. The van der Waals surface area contributed by atoms with Crippen LogP contribution in [0.15, 0.2) is 64.7 Å². The van der Waals surface area contributed by atoms with Crippen molar-refractivity contribution in [3.63, 3.8) is 0 Å². The zero-order valence-corrected chi connectivity index (χ0v) is 17.4. The molecule has 3 heterocycles. The topological polar surface area (TPSA) is 32.5 Å². The lowest BCUT2D eigenvalue weighted by atomic mass is 10.0. The summed E-state index contributed by atoms with van der Waals surface area (Å²) in [6.07, 6.45) is 9.36. The minimum atomic E-state index is 0.529. The molecule has 1 unspecified atom stereocenters. The first-order valence-corrected chi connectivity index (χ1v) is 10.4. The van der Waals surface area contributed by atoms with E-state index in [0.717, 1.165) is 28.9 Å². The van der Waals surface area contributed by atoms with E-state index in [2.05, 4.69) is 79.4 Å². The first-order chi connectivity index (χ1) is 14.1. The Morgan fingerprint density at radius 2 is 1.97 bits per heavy atom. The quantitative estimate of drug-likeness (QED) is 0.599. The number of likely N-dealkylation sites (tertiary alicyclic amines) is 1. The van der Waals surface area contributed by atoms with Gasteiger partial charge in [-0.1, -0.05) is 18.2 Å². The Balaban J connectivity index is 1.46. The molecule has 2 aliphatic rings. The molecular formula is C25H27N3O. The van der Waals surface area contributed by atoms with Crippen LogP contribution < -0.4 is 4.90 Å². The summed E-state index contributed by atoms with van der Waals surface area (Å²) >= 11 is 0. The number of oxazole rings is 1. The van der Waals surface area contributed by atoms with Crippen molar-refractivity contribution in [2.45, 2.75) is 32.7 Å². The van der Waals surface area contributed by atoms with Gasteiger partial charge in [-0.2, -0.15) is 0 Å². The number of aryl methyl sites for hydroxylation is 2. The summed E-state index contributed by atoms with van der Waals surface area (Å²) in [5.74, 6) is 0.683. The lowest BCUT2D eigenvalue weighted by Gasteiger charge is -2.28. The first-order valence-electron chi connectivity index (χ1n) is 10.4. The van der Waals surface area contributed by atoms with Crippen LogP contribution in [0.2, 0.25) is 0 Å². The van der Waals surface area contributed by atoms with Crippen LogP contribution in [0.25, 0.3) is 22.6 Å². The molecule has 3 aromatic rings. The summed E-state index contributed by atoms with van der Waals surface area (Å²) < 4.78 is 6.04. The van der Waals surface area contributed by atoms with Crippen LogP contribution in [0.1, 0.15) is 24.0 Å². The zero-order chi connectivity index (χ0) is 20.0. The van der Waals surface area contributed by atoms with Crippen molar-refractivity contribution in [3.8, 4) is 11.5 Å². The number of aromatic nitrogens is 1. The van der Waals surface area contributed by atoms with E-state index in [-0.39, 0.29) is 0 Å². The van der Waals surface area contributed by atoms with Crippen molar-refractivity contribution >= 4 is 16.8 Å². The molecule has 0 N–H and O–H groups in total. The fraction of sp³-hybridized carbons (Fsp3) is 0.320. The molecule has 1 atom stereocenters. The SMILES string of the molecule is Cc1ccc(-c2nc3cc(N4C=C(C5CCCN5C)C=CC4)ccc3o2)cc1C. The highest BCUT2D eigenvalue weighted by atomic mass is 16.3. The molecule has 0 radical (unpaired) electrons. The predicted octanol–water partition coefficient (Wildman–Crippen LogP) is 5.47. The molecule has 0 amide bonds. The number of likely N-dealkylation sites (N-methyl/N-ethyl adjacent to an activating group) is 1. The number of rotatable bonds is 3. The van der Waals surface area contributed by atoms with Gasteiger partial charge in [-0.3, -0.25) is 4.90 Å². The first kappa shape index (κ1) is 18.2. The number of hydrogen-bond donors (Lipinski definition) is 0. The van der Waals surface area contributed by atoms with E-state index in [9.17, 15) is 0 Å². The Labute approximate surface area is 172 Å². The van der Waals surface area contributed by atoms with Crippen molar-refractivity contribution in [3.05, 3.63) is 71.5 Å². The molecule has 4 nitrogen and oxygen atoms in total. The number of fused-ring (bicyclic) bond motifs is 1. The lowest BCUT2D eigenvalue weighted by Crippen LogP contribution is -2.30. The van der Waals surface area contributed by atoms with E-state index in [0.29, 0.717) is 11.9 Å². The largest absolute Gasteiger partial charge is 0.436 e. The van der Waals surface area contributed by atoms with E-state index in [1.165, 1.54) is 36.1 Å². The molecule has 1 aromatic heterocycles. The number of anilines is 1. The van der Waals surface area contributed by atoms with Gasteiger partial charge >= 0.3 is 0 Å². The summed E-state index contributed by atoms with van der Waals surface area (Å²) in [5.41, 5.74) is 7.83. The summed E-state index contributed by atoms with van der Waals surface area (Å²) in [4.78, 5) is 9.54. The average Bonchev–Trinajstić information content (AvgIpc) is 3.35. The number of hydrogen-bond acceptors (Lipinski definition) is 4. The Morgan fingerprint density at radius 3 is 2.76 bits per heavy atom. The molecule has 1 fully saturated rings. The number of benzene rings is 2. The Kier molecular flexibility index (Phi) is 4.51. The lowest BCUT2D eigenvalue weighted by molar-refractivity contribution is 0.348. The van der Waals surface area contributed by atoms with Crippen LogP contribution in [0, 0.1) is 13.8 Å². The molecule has 5 rings (SSSR count). The second kappa shape index (κ2) is 7.20. The second-order valence-electron chi connectivity index (χ2n) is 8.29. The molecule has 0 saturated carbocycles. The van der Waals surface area contributed by atoms with Crippen molar-refractivity contribution in [2.75, 3.05) is 25.0 Å². The van der Waals surface area contributed by atoms with E-state index in [1.807, 2.05) is 6.07 Å². The third-order valence-electron chi connectivity index (χ3n) is 6.28. The van der Waals surface area contributed by atoms with Gasteiger partial charge in [0.05, 0.1) is 0 Å². The van der Waals surface area contributed by atoms with Crippen LogP contribution in [-0.4, -0.2) is 36.1 Å². The fourth-order valence-corrected chi connectivity index (χ4v) is 4.38. The Bertz CT molecular complexity index is 1120. The van der Waals surface area contributed by atoms with E-state index in [4.69, 9.17) is 9.40 Å². The van der Waals surface area contributed by atoms with Gasteiger partial charge in [0.2, 0.25) is 5.89 Å². The van der Waals surface area contributed by atoms with E-state index >= 15 is 0 Å². The van der Waals surface area contributed by atoms with Crippen LogP contribution in [0.3, 0.4) is 0 Å². The van der Waals surface area contributed by atoms with E-state index < -0.39 is 0 Å². The molecule has 2 aromatic carbocycles. The predicted molar refractivity (Wildman–Crippen MR) is 119 cm³/mol. The monoisotopic (exact) mass is 385 g/mol. The number of nitrogens with zero attached hydrogens (tertiary/aromatic N) is 3. The normalized spacial score (nSPS) is 19.9. The summed E-state index contributed by atoms with van der Waals surface area (Å²) in [6.45, 7) is 6.31. The minimum absolute atomic E-state index is 0.529. The Morgan fingerprint density at radius 1 is 1.07 bits per heavy atom. The maximum absolute atomic E-state index is 6.04. The maximum atomic E-state index is 6.04. The van der Waals surface area contributed by atoms with Gasteiger partial charge in [0.25, 0.3) is 0 Å². The molecule has 0 bridgehead atoms. The summed E-state index contributed by atoms with van der Waals surface area (Å²) in [7, 11) is 2.22. The van der Waals surface area contributed by atoms with Crippen LogP contribution in [-0.2, 0) is 0 Å². The van der Waals surface area contributed by atoms with Crippen molar-refractivity contribution in [2.24, 2.45) is 0 Å². The highest BCUT2D eigenvalue weighted by molar-refractivity contribution is 5.81. The van der Waals surface area contributed by atoms with E-state index in [1.54, 1.807) is 0 Å². The molecule has 29 heavy (non-hydrogen) atoms. The van der Waals surface area contributed by atoms with Gasteiger partial charge < -0.3 is 9.32 Å². The molecule has 2 aliphatic heterocycles. The smallest absolute Gasteiger partial charge is 0.227 e. The summed E-state index contributed by atoms with van der Waals surface area (Å²) in [6, 6.07) is 13.2. The third kappa shape index (κ3) is 3.38. The highest BCUT2D eigenvalue weighted by Gasteiger charge is 2.25. The molecule has 148 valence electrons. The van der Waals surface area contributed by atoms with Crippen molar-refractivity contribution < 1.29 is 4.42 Å². The summed E-state index contributed by atoms with van der Waals surface area (Å²) in [5, 5.41) is 0. The van der Waals surface area contributed by atoms with Gasteiger partial charge in [0.15, 0.2) is 5.58 Å². The molecule has 0 aliphatic carbocycles. The van der Waals surface area contributed by atoms with Gasteiger partial charge in [-0.15, -0.1) is 0 Å².